The van der Waals surface area contributed by atoms with Crippen LogP contribution in [0.1, 0.15) is 274 Å². The number of azo groups is 1. The first-order valence-electron chi connectivity index (χ1n) is 45.3. The van der Waals surface area contributed by atoms with Crippen molar-refractivity contribution in [3.8, 4) is 0 Å². The Kier molecular flexibility index (Phi) is 69.8. The van der Waals surface area contributed by atoms with Gasteiger partial charge < -0.3 is 13.7 Å². The molecule has 0 bridgehead atoms. The van der Waals surface area contributed by atoms with Gasteiger partial charge in [-0.25, -0.2) is 14.5 Å². The second-order valence-corrected chi connectivity index (χ2v) is 27.8. The molecule has 1 fully saturated rings. The normalized spacial score (nSPS) is 13.9. The summed E-state index contributed by atoms with van der Waals surface area (Å²) in [5.74, 6) is 1.04. The third kappa shape index (κ3) is 41.7. The molecule has 7 aromatic carbocycles. The Morgan fingerprint density at radius 3 is 1.25 bits per heavy atom. The maximum absolute atomic E-state index is 11.3. The van der Waals surface area contributed by atoms with Gasteiger partial charge in [0, 0.05) is 110 Å². The molecule has 2 atom stereocenters. The Hall–Kier alpha value is -11.4. The van der Waals surface area contributed by atoms with Gasteiger partial charge in [0.05, 0.1) is 17.4 Å². The molecule has 11 aromatic rings. The van der Waals surface area contributed by atoms with Crippen molar-refractivity contribution in [1.82, 2.24) is 29.4 Å². The van der Waals surface area contributed by atoms with Crippen molar-refractivity contribution >= 4 is 118 Å². The number of rotatable bonds is 0. The molecule has 10 heterocycles. The standard InChI is InChI=1S/C10H13N.C9H7NO2.C9H9NO.2C9H8O.2C9H8S.C7H12.C5H7NO2.C5H5NO2.C3H3N3O2.11C2H6/c1-8-10-6-4-3-5-9(10)7-11(8)2;1-10-8(11)6-4-2-3-5-7(6)9(10)12;1-10-6-7-4-2-3-5-8(7)9(10)11;1-7-6-10-9-5-3-2-4-8(7)9;1-7-6-8-4-2-3-5-9(8)10-7;1-7-6-10-9-5-3-2-4-8(7)9;1-7-6-8-4-2-3-5-9(8)10-7;1-7-5-3-2-4-6-7;2*1-6-4(7)2-3-5(6)8;1-6-2(7)4-5-3(6)8;11*1-2/h3-6,8H,7H2,1-2H3;2-5H,1H3;2-5H,6H2,1H3;4*2-6H,1H3;2-3,7H,4-6H2,1H3;2-3H2,1H3;2-3H,1H3;1H3;11*1-2H3. The molecule has 0 N–H and O–H groups in total. The van der Waals surface area contributed by atoms with Gasteiger partial charge in [-0.15, -0.1) is 22.7 Å². The zero-order valence-corrected chi connectivity index (χ0v) is 84.9. The number of hydrogen-bond acceptors (Lipinski definition) is 14. The lowest BCUT2D eigenvalue weighted by molar-refractivity contribution is -0.137. The summed E-state index contributed by atoms with van der Waals surface area (Å²) in [6.45, 7) is 58.7. The predicted octanol–water partition coefficient (Wildman–Crippen LogP) is 29.9. The number of allylic oxidation sites excluding steroid dienone is 2. The molecule has 696 valence electrons. The van der Waals surface area contributed by atoms with E-state index in [-0.39, 0.29) is 41.4 Å². The maximum Gasteiger partial charge on any atom is 0.370 e. The molecule has 1 aliphatic carbocycles. The van der Waals surface area contributed by atoms with Crippen LogP contribution in [0.5, 0.6) is 0 Å². The monoisotopic (exact) mass is 1780 g/mol. The Morgan fingerprint density at radius 2 is 0.843 bits per heavy atom. The van der Waals surface area contributed by atoms with Crippen LogP contribution >= 0.6 is 22.7 Å². The topological polar surface area (TPSA) is 224 Å². The van der Waals surface area contributed by atoms with E-state index in [1.807, 2.05) is 269 Å². The molecule has 18 rings (SSSR count). The smallest absolute Gasteiger partial charge is 0.370 e. The summed E-state index contributed by atoms with van der Waals surface area (Å²) in [6, 6.07) is 59.9. The average Bonchev–Trinajstić information content (AvgIpc) is 1.60. The zero-order chi connectivity index (χ0) is 97.9. The zero-order valence-electron chi connectivity index (χ0n) is 83.3. The van der Waals surface area contributed by atoms with Crippen molar-refractivity contribution in [1.29, 1.82) is 0 Å². The summed E-state index contributed by atoms with van der Waals surface area (Å²) in [5.41, 5.74) is 10.5. The van der Waals surface area contributed by atoms with Gasteiger partial charge >= 0.3 is 12.1 Å². The fourth-order valence-corrected chi connectivity index (χ4v) is 13.2. The molecular formula is C106H154N8O11S2. The first-order chi connectivity index (χ1) is 61.3. The number of hydrogen-bond donors (Lipinski definition) is 0. The van der Waals surface area contributed by atoms with Gasteiger partial charge in [-0.2, -0.15) is 0 Å². The number of furan rings is 2. The number of likely N-dealkylation sites (N-methyl/N-ethyl adjacent to an activating group) is 1. The summed E-state index contributed by atoms with van der Waals surface area (Å²) in [6.07, 6.45) is 13.7. The van der Waals surface area contributed by atoms with E-state index in [4.69, 9.17) is 8.83 Å². The molecule has 19 nitrogen and oxygen atoms in total. The molecule has 1 saturated heterocycles. The number of urea groups is 2. The fourth-order valence-electron chi connectivity index (χ4n) is 11.3. The van der Waals surface area contributed by atoms with Crippen molar-refractivity contribution in [3.05, 3.63) is 273 Å². The number of carbonyl (C=O) groups excluding carboxylic acids is 9. The number of carbonyl (C=O) groups is 9. The second kappa shape index (κ2) is 72.7. The fraction of sp³-hybridized carbons (Fsp3) is 0.406. The van der Waals surface area contributed by atoms with Gasteiger partial charge in [0.15, 0.2) is 0 Å². The van der Waals surface area contributed by atoms with Crippen molar-refractivity contribution in [2.45, 2.75) is 245 Å². The maximum atomic E-state index is 11.3. The molecule has 7 aliphatic rings. The highest BCUT2D eigenvalue weighted by molar-refractivity contribution is 7.19. The minimum atomic E-state index is -0.602. The van der Waals surface area contributed by atoms with Gasteiger partial charge in [0.1, 0.15) is 16.9 Å². The number of likely N-dealkylation sites (tertiary alicyclic amines) is 1. The number of aryl methyl sites for hydroxylation is 4. The lowest BCUT2D eigenvalue weighted by Gasteiger charge is -2.13. The van der Waals surface area contributed by atoms with E-state index in [9.17, 15) is 43.2 Å². The number of imide groups is 4. The van der Waals surface area contributed by atoms with Gasteiger partial charge in [0.25, 0.3) is 29.5 Å². The molecular weight excluding hydrogens is 1630 g/mol. The van der Waals surface area contributed by atoms with Crippen LogP contribution in [-0.4, -0.2) is 125 Å². The Bertz CT molecular complexity index is 4650. The summed E-state index contributed by atoms with van der Waals surface area (Å²) in [5, 5.41) is 13.3. The van der Waals surface area contributed by atoms with Gasteiger partial charge in [-0.1, -0.05) is 309 Å². The number of para-hydroxylation sites is 2. The predicted molar refractivity (Wildman–Crippen MR) is 541 cm³/mol. The van der Waals surface area contributed by atoms with Crippen molar-refractivity contribution in [2.75, 3.05) is 42.3 Å². The van der Waals surface area contributed by atoms with Crippen molar-refractivity contribution in [3.63, 3.8) is 0 Å². The second-order valence-electron chi connectivity index (χ2n) is 25.6. The first kappa shape index (κ1) is 122. The van der Waals surface area contributed by atoms with Crippen molar-refractivity contribution < 1.29 is 52.0 Å². The number of fused-ring (bicyclic) bond motifs is 7. The van der Waals surface area contributed by atoms with Gasteiger partial charge in [0.2, 0.25) is 11.8 Å². The summed E-state index contributed by atoms with van der Waals surface area (Å²) in [4.78, 5) is 106. The summed E-state index contributed by atoms with van der Waals surface area (Å²) >= 11 is 3.67. The molecule has 0 spiro atoms. The molecule has 21 heteroatoms. The number of benzene rings is 7. The van der Waals surface area contributed by atoms with Crippen molar-refractivity contribution in [2.24, 2.45) is 16.1 Å². The minimum Gasteiger partial charge on any atom is -0.464 e. The third-order valence-corrected chi connectivity index (χ3v) is 19.8. The highest BCUT2D eigenvalue weighted by Gasteiger charge is 2.32. The van der Waals surface area contributed by atoms with E-state index in [2.05, 4.69) is 152 Å². The van der Waals surface area contributed by atoms with Crippen LogP contribution in [0.3, 0.4) is 0 Å². The van der Waals surface area contributed by atoms with E-state index in [1.165, 1.54) is 123 Å². The summed E-state index contributed by atoms with van der Waals surface area (Å²) < 4.78 is 13.4. The molecule has 0 saturated carbocycles. The molecule has 6 aliphatic heterocycles. The van der Waals surface area contributed by atoms with Crippen LogP contribution < -0.4 is 0 Å². The Labute approximate surface area is 771 Å². The average molecular weight is 1780 g/mol. The number of nitrogens with zero attached hydrogens (tertiary/aromatic N) is 8. The van der Waals surface area contributed by atoms with Gasteiger partial charge in [-0.3, -0.25) is 53.2 Å². The van der Waals surface area contributed by atoms with Crippen LogP contribution in [0.15, 0.2) is 237 Å². The highest BCUT2D eigenvalue weighted by atomic mass is 32.1. The molecule has 0 radical (unpaired) electrons. The molecule has 2 unspecified atom stereocenters. The van der Waals surface area contributed by atoms with Crippen LogP contribution in [-0.2, 0) is 32.3 Å². The summed E-state index contributed by atoms with van der Waals surface area (Å²) in [7, 11) is 9.77. The largest absolute Gasteiger partial charge is 0.464 e. The van der Waals surface area contributed by atoms with Crippen LogP contribution in [0.25, 0.3) is 42.1 Å². The van der Waals surface area contributed by atoms with Crippen LogP contribution in [0, 0.1) is 33.6 Å². The van der Waals surface area contributed by atoms with E-state index in [0.717, 1.165) is 61.8 Å². The highest BCUT2D eigenvalue weighted by Crippen LogP contribution is 2.32. The number of thiophene rings is 2. The quantitative estimate of drug-likeness (QED) is 0.102. The first-order valence-corrected chi connectivity index (χ1v) is 47.0. The van der Waals surface area contributed by atoms with E-state index in [1.54, 1.807) is 35.4 Å². The minimum absolute atomic E-state index is 0.0602. The van der Waals surface area contributed by atoms with E-state index >= 15 is 0 Å². The molecule has 4 aromatic heterocycles. The van der Waals surface area contributed by atoms with E-state index < -0.39 is 12.1 Å². The molecule has 127 heavy (non-hydrogen) atoms. The molecule has 11 amide bonds. The van der Waals surface area contributed by atoms with E-state index in [0.29, 0.717) is 30.0 Å². The third-order valence-electron chi connectivity index (χ3n) is 17.7. The van der Waals surface area contributed by atoms with Crippen LogP contribution in [0.4, 0.5) is 9.59 Å². The lowest BCUT2D eigenvalue weighted by Crippen LogP contribution is -2.24. The van der Waals surface area contributed by atoms with Gasteiger partial charge in [-0.05, 0) is 165 Å². The Balaban J connectivity index is -0.000000642. The number of amides is 11. The lowest BCUT2D eigenvalue weighted by atomic mass is 9.97. The SMILES string of the molecule is CC.CC.CC.CC.CC.CC.CC.CC.CC.CC.CC.CC1CC=CCC1.CC1c2ccccc2CN1C.CN1C(=O)C=CC1=O.CN1C(=O)CCC1=O.CN1C(=O)N=NC1=O.CN1C(=O)c2ccccc2C1=O.CN1Cc2ccccc2C1=O.Cc1cc2ccccc2o1.Cc1cc2ccccc2s1.Cc1coc2ccccc12.Cc1csc2ccccc12. The Morgan fingerprint density at radius 1 is 0.402 bits per heavy atom. The van der Waals surface area contributed by atoms with Crippen LogP contribution in [0.2, 0.25) is 0 Å².